The molecule has 64 heavy (non-hydrogen) atoms. The molecule has 1 unspecified atom stereocenters. The average molecular weight is 891 g/mol. The summed E-state index contributed by atoms with van der Waals surface area (Å²) in [5.74, 6) is -1.03. The van der Waals surface area contributed by atoms with E-state index in [4.69, 9.17) is 14.2 Å². The van der Waals surface area contributed by atoms with Gasteiger partial charge in [-0.05, 0) is 77.0 Å². The van der Waals surface area contributed by atoms with Crippen molar-refractivity contribution in [3.63, 3.8) is 0 Å². The molecule has 0 amide bonds. The zero-order chi connectivity index (χ0) is 46.5. The summed E-state index contributed by atoms with van der Waals surface area (Å²) in [6.45, 7) is 6.41. The number of esters is 3. The zero-order valence-electron chi connectivity index (χ0n) is 41.8. The van der Waals surface area contributed by atoms with E-state index in [0.29, 0.717) is 25.7 Å². The normalized spacial score (nSPS) is 12.7. The van der Waals surface area contributed by atoms with Gasteiger partial charge < -0.3 is 14.2 Å². The molecule has 0 aromatic heterocycles. The van der Waals surface area contributed by atoms with E-state index in [0.717, 1.165) is 70.6 Å². The molecule has 1 atom stereocenters. The minimum atomic E-state index is -0.815. The van der Waals surface area contributed by atoms with Crippen LogP contribution in [-0.4, -0.2) is 37.2 Å². The molecule has 0 radical (unpaired) electrons. The maximum Gasteiger partial charge on any atom is 0.306 e. The van der Waals surface area contributed by atoms with Gasteiger partial charge >= 0.3 is 17.9 Å². The number of hydrogen-bond acceptors (Lipinski definition) is 6. The number of carbonyl (C=O) groups excluding carboxylic acids is 3. The molecule has 366 valence electrons. The molecular weight excluding hydrogens is 793 g/mol. The van der Waals surface area contributed by atoms with Crippen molar-refractivity contribution >= 4 is 17.9 Å². The third-order valence-corrected chi connectivity index (χ3v) is 11.1. The Morgan fingerprint density at radius 3 is 1.09 bits per heavy atom. The largest absolute Gasteiger partial charge is 0.462 e. The van der Waals surface area contributed by atoms with E-state index in [1.54, 1.807) is 0 Å². The van der Waals surface area contributed by atoms with E-state index in [1.165, 1.54) is 122 Å². The second-order valence-corrected chi connectivity index (χ2v) is 17.4. The summed E-state index contributed by atoms with van der Waals surface area (Å²) in [6.07, 6.45) is 67.4. The highest BCUT2D eigenvalue weighted by molar-refractivity contribution is 5.71. The molecule has 0 aliphatic rings. The maximum absolute atomic E-state index is 12.8. The van der Waals surface area contributed by atoms with Crippen LogP contribution >= 0.6 is 0 Å². The lowest BCUT2D eigenvalue weighted by molar-refractivity contribution is -0.166. The first-order valence-electron chi connectivity index (χ1n) is 26.6. The van der Waals surface area contributed by atoms with E-state index in [2.05, 4.69) is 99.8 Å². The van der Waals surface area contributed by atoms with Crippen LogP contribution in [0.3, 0.4) is 0 Å². The number of allylic oxidation sites excluding steroid dienone is 14. The van der Waals surface area contributed by atoms with E-state index in [-0.39, 0.29) is 37.5 Å². The van der Waals surface area contributed by atoms with E-state index < -0.39 is 6.10 Å². The monoisotopic (exact) mass is 891 g/mol. The highest BCUT2D eigenvalue weighted by atomic mass is 16.6. The molecule has 0 N–H and O–H groups in total. The Labute approximate surface area is 395 Å². The molecule has 0 saturated carbocycles. The van der Waals surface area contributed by atoms with Gasteiger partial charge in [0.25, 0.3) is 0 Å². The van der Waals surface area contributed by atoms with Crippen molar-refractivity contribution < 1.29 is 28.6 Å². The molecule has 0 spiro atoms. The zero-order valence-corrected chi connectivity index (χ0v) is 41.8. The summed E-state index contributed by atoms with van der Waals surface area (Å²) < 4.78 is 16.7. The van der Waals surface area contributed by atoms with Crippen LogP contribution in [0.1, 0.15) is 245 Å². The van der Waals surface area contributed by atoms with Crippen molar-refractivity contribution in [2.24, 2.45) is 0 Å². The minimum absolute atomic E-state index is 0.114. The van der Waals surface area contributed by atoms with Crippen LogP contribution in [0.2, 0.25) is 0 Å². The maximum atomic E-state index is 12.8. The third-order valence-electron chi connectivity index (χ3n) is 11.1. The summed E-state index contributed by atoms with van der Waals surface area (Å²) in [7, 11) is 0. The van der Waals surface area contributed by atoms with Gasteiger partial charge in [-0.25, -0.2) is 0 Å². The Morgan fingerprint density at radius 2 is 0.656 bits per heavy atom. The summed E-state index contributed by atoms with van der Waals surface area (Å²) in [5, 5.41) is 0. The van der Waals surface area contributed by atoms with Crippen LogP contribution in [0.4, 0.5) is 0 Å². The van der Waals surface area contributed by atoms with Gasteiger partial charge in [0.1, 0.15) is 13.2 Å². The van der Waals surface area contributed by atoms with E-state index >= 15 is 0 Å². The second kappa shape index (κ2) is 52.2. The number of unbranched alkanes of at least 4 members (excludes halogenated alkanes) is 22. The summed E-state index contributed by atoms with van der Waals surface area (Å²) in [6, 6.07) is 0. The number of rotatable bonds is 47. The lowest BCUT2D eigenvalue weighted by atomic mass is 10.0. The molecule has 0 aliphatic carbocycles. The number of carbonyl (C=O) groups is 3. The van der Waals surface area contributed by atoms with Crippen LogP contribution in [-0.2, 0) is 28.6 Å². The molecular formula is C58H98O6. The van der Waals surface area contributed by atoms with Gasteiger partial charge in [0, 0.05) is 19.3 Å². The van der Waals surface area contributed by atoms with E-state index in [1.807, 2.05) is 6.08 Å². The smallest absolute Gasteiger partial charge is 0.306 e. The molecule has 0 bridgehead atoms. The predicted octanol–water partition coefficient (Wildman–Crippen LogP) is 17.6. The molecule has 6 heteroatoms. The Hall–Kier alpha value is -3.41. The fourth-order valence-corrected chi connectivity index (χ4v) is 7.18. The van der Waals surface area contributed by atoms with Crippen LogP contribution in [0.15, 0.2) is 85.1 Å². The van der Waals surface area contributed by atoms with Gasteiger partial charge in [-0.2, -0.15) is 0 Å². The molecule has 0 fully saturated rings. The molecule has 0 heterocycles. The summed E-state index contributed by atoms with van der Waals surface area (Å²) >= 11 is 0. The SMILES string of the molecule is CC/C=C\C/C=C\C/C=C\C/C=C\C/C=C\C/C=C\CCC(=O)OCC(COC(=O)CCC/C=C\CCCCCC)OC(=O)CCCCCCCCCCCCCCCCCCCC. The molecule has 6 nitrogen and oxygen atoms in total. The summed E-state index contributed by atoms with van der Waals surface area (Å²) in [4.78, 5) is 37.9. The van der Waals surface area contributed by atoms with Gasteiger partial charge in [0.15, 0.2) is 6.10 Å². The van der Waals surface area contributed by atoms with Gasteiger partial charge in [-0.1, -0.05) is 234 Å². The van der Waals surface area contributed by atoms with Crippen LogP contribution < -0.4 is 0 Å². The number of ether oxygens (including phenoxy) is 3. The minimum Gasteiger partial charge on any atom is -0.462 e. The summed E-state index contributed by atoms with van der Waals surface area (Å²) in [5.41, 5.74) is 0. The van der Waals surface area contributed by atoms with Crippen molar-refractivity contribution in [3.05, 3.63) is 85.1 Å². The van der Waals surface area contributed by atoms with Crippen LogP contribution in [0.5, 0.6) is 0 Å². The standard InChI is InChI=1S/C58H98O6/c1-4-7-10-13-16-19-21-23-25-27-29-31-32-34-36-39-42-45-48-51-57(60)63-54-55(53-62-56(59)50-47-44-41-38-18-15-12-9-6-3)64-58(61)52-49-46-43-40-37-35-33-30-28-26-24-22-20-17-14-11-8-5-2/h7,10,16,19,23,25,29,31,34,36,38,41-42,45,55H,4-6,8-9,11-15,17-18,20-22,24,26-28,30,32-33,35,37,39-40,43-44,46-54H2,1-3H3/b10-7-,19-16-,25-23-,31-29-,36-34-,41-38-,45-42-. The molecule has 0 aliphatic heterocycles. The third kappa shape index (κ3) is 49.6. The molecule has 0 saturated heterocycles. The van der Waals surface area contributed by atoms with Crippen LogP contribution in [0.25, 0.3) is 0 Å². The molecule has 0 aromatic rings. The van der Waals surface area contributed by atoms with Crippen molar-refractivity contribution in [3.8, 4) is 0 Å². The average Bonchev–Trinajstić information content (AvgIpc) is 3.29. The van der Waals surface area contributed by atoms with Gasteiger partial charge in [0.2, 0.25) is 0 Å². The predicted molar refractivity (Wildman–Crippen MR) is 274 cm³/mol. The van der Waals surface area contributed by atoms with Crippen LogP contribution in [0, 0.1) is 0 Å². The van der Waals surface area contributed by atoms with Crippen molar-refractivity contribution in [2.45, 2.75) is 252 Å². The Morgan fingerprint density at radius 1 is 0.328 bits per heavy atom. The topological polar surface area (TPSA) is 78.9 Å². The first kappa shape index (κ1) is 60.6. The molecule has 0 rings (SSSR count). The second-order valence-electron chi connectivity index (χ2n) is 17.4. The van der Waals surface area contributed by atoms with Gasteiger partial charge in [-0.15, -0.1) is 0 Å². The fraction of sp³-hybridized carbons (Fsp3) is 0.707. The van der Waals surface area contributed by atoms with Crippen molar-refractivity contribution in [1.29, 1.82) is 0 Å². The molecule has 0 aromatic carbocycles. The Balaban J connectivity index is 4.43. The lowest BCUT2D eigenvalue weighted by Crippen LogP contribution is -2.30. The van der Waals surface area contributed by atoms with E-state index in [9.17, 15) is 14.4 Å². The van der Waals surface area contributed by atoms with Gasteiger partial charge in [0.05, 0.1) is 0 Å². The fourth-order valence-electron chi connectivity index (χ4n) is 7.18. The van der Waals surface area contributed by atoms with Crippen molar-refractivity contribution in [2.75, 3.05) is 13.2 Å². The first-order valence-corrected chi connectivity index (χ1v) is 26.6. The Bertz CT molecular complexity index is 1250. The highest BCUT2D eigenvalue weighted by Gasteiger charge is 2.19. The lowest BCUT2D eigenvalue weighted by Gasteiger charge is -2.18. The quantitative estimate of drug-likeness (QED) is 0.0262. The highest BCUT2D eigenvalue weighted by Crippen LogP contribution is 2.15. The Kier molecular flexibility index (Phi) is 49.4. The number of hydrogen-bond donors (Lipinski definition) is 0. The van der Waals surface area contributed by atoms with Crippen molar-refractivity contribution in [1.82, 2.24) is 0 Å². The van der Waals surface area contributed by atoms with Gasteiger partial charge in [-0.3, -0.25) is 14.4 Å². The first-order chi connectivity index (χ1) is 31.5.